The maximum absolute atomic E-state index is 12.2. The van der Waals surface area contributed by atoms with E-state index in [0.717, 1.165) is 9.88 Å². The van der Waals surface area contributed by atoms with E-state index in [2.05, 4.69) is 4.98 Å². The Morgan fingerprint density at radius 3 is 2.68 bits per heavy atom. The van der Waals surface area contributed by atoms with Crippen LogP contribution in [0, 0.1) is 18.8 Å². The van der Waals surface area contributed by atoms with E-state index in [4.69, 9.17) is 5.11 Å². The quantitative estimate of drug-likeness (QED) is 0.915. The fourth-order valence-electron chi connectivity index (χ4n) is 2.53. The number of carbonyl (C=O) groups excluding carboxylic acids is 1. The van der Waals surface area contributed by atoms with Crippen LogP contribution < -0.4 is 0 Å². The van der Waals surface area contributed by atoms with Gasteiger partial charge in [-0.15, -0.1) is 11.3 Å². The number of nitrogens with zero attached hydrogens (tertiary/aromatic N) is 2. The number of aryl methyl sites for hydroxylation is 1. The lowest BCUT2D eigenvalue weighted by atomic mass is 10.0. The fourth-order valence-corrected chi connectivity index (χ4v) is 3.38. The van der Waals surface area contributed by atoms with Crippen LogP contribution in [0.5, 0.6) is 0 Å². The van der Waals surface area contributed by atoms with Crippen molar-refractivity contribution in [2.45, 2.75) is 32.7 Å². The molecule has 0 radical (unpaired) electrons. The van der Waals surface area contributed by atoms with Crippen LogP contribution in [-0.2, 0) is 16.1 Å². The van der Waals surface area contributed by atoms with E-state index in [0.29, 0.717) is 25.8 Å². The first-order chi connectivity index (χ1) is 8.97. The molecule has 1 aliphatic carbocycles. The fraction of sp³-hybridized carbons (Fsp3) is 0.615. The molecule has 1 amide bonds. The van der Waals surface area contributed by atoms with Gasteiger partial charge in [-0.05, 0) is 26.2 Å². The molecule has 0 spiro atoms. The maximum Gasteiger partial charge on any atom is 0.306 e. The maximum atomic E-state index is 12.2. The molecule has 104 valence electrons. The molecule has 0 saturated heterocycles. The van der Waals surface area contributed by atoms with Crippen LogP contribution >= 0.6 is 11.3 Å². The molecule has 5 nitrogen and oxygen atoms in total. The van der Waals surface area contributed by atoms with Crippen LogP contribution in [-0.4, -0.2) is 33.9 Å². The Bertz CT molecular complexity index is 486. The van der Waals surface area contributed by atoms with Gasteiger partial charge < -0.3 is 10.0 Å². The normalized spacial score (nSPS) is 22.4. The summed E-state index contributed by atoms with van der Waals surface area (Å²) in [6, 6.07) is 0. The summed E-state index contributed by atoms with van der Waals surface area (Å²) < 4.78 is 0. The van der Waals surface area contributed by atoms with E-state index >= 15 is 0 Å². The minimum atomic E-state index is -0.781. The molecular weight excluding hydrogens is 264 g/mol. The monoisotopic (exact) mass is 282 g/mol. The zero-order valence-electron chi connectivity index (χ0n) is 11.1. The van der Waals surface area contributed by atoms with Crippen molar-refractivity contribution in [2.24, 2.45) is 11.8 Å². The number of carboxylic acid groups (broad SMARTS) is 1. The van der Waals surface area contributed by atoms with Crippen molar-refractivity contribution in [1.82, 2.24) is 9.88 Å². The second-order valence-electron chi connectivity index (χ2n) is 5.09. The highest BCUT2D eigenvalue weighted by Crippen LogP contribution is 2.32. The standard InChI is InChI=1S/C13H18N2O3S/c1-8-14-6-11(19-8)7-15(2)12(16)9-3-4-10(5-9)13(17)18/h6,9-10H,3-5,7H2,1-2H3,(H,17,18)/t9-,10+/m1/s1. The molecular formula is C13H18N2O3S. The van der Waals surface area contributed by atoms with Gasteiger partial charge in [-0.25, -0.2) is 4.98 Å². The molecule has 1 aromatic rings. The Morgan fingerprint density at radius 2 is 2.16 bits per heavy atom. The Morgan fingerprint density at radius 1 is 1.47 bits per heavy atom. The smallest absolute Gasteiger partial charge is 0.306 e. The summed E-state index contributed by atoms with van der Waals surface area (Å²) >= 11 is 1.58. The lowest BCUT2D eigenvalue weighted by Crippen LogP contribution is -2.31. The SMILES string of the molecule is Cc1ncc(CN(C)C(=O)[C@@H]2CC[C@H](C(=O)O)C2)s1. The van der Waals surface area contributed by atoms with Crippen molar-refractivity contribution in [3.05, 3.63) is 16.1 Å². The first-order valence-corrected chi connectivity index (χ1v) is 7.18. The Kier molecular flexibility index (Phi) is 4.19. The number of carbonyl (C=O) groups is 2. The van der Waals surface area contributed by atoms with Gasteiger partial charge in [0.2, 0.25) is 5.91 Å². The van der Waals surface area contributed by atoms with E-state index in [1.54, 1.807) is 29.5 Å². The highest BCUT2D eigenvalue weighted by Gasteiger charge is 2.35. The predicted octanol–water partition coefficient (Wildman–Crippen LogP) is 1.91. The second kappa shape index (κ2) is 5.69. The minimum absolute atomic E-state index is 0.0507. The molecule has 2 rings (SSSR count). The molecule has 19 heavy (non-hydrogen) atoms. The number of amides is 1. The first-order valence-electron chi connectivity index (χ1n) is 6.36. The Balaban J connectivity index is 1.91. The van der Waals surface area contributed by atoms with Gasteiger partial charge in [-0.2, -0.15) is 0 Å². The molecule has 0 aromatic carbocycles. The largest absolute Gasteiger partial charge is 0.481 e. The van der Waals surface area contributed by atoms with Gasteiger partial charge in [0.1, 0.15) is 0 Å². The number of thiazole rings is 1. The molecule has 1 N–H and O–H groups in total. The highest BCUT2D eigenvalue weighted by molar-refractivity contribution is 7.11. The van der Waals surface area contributed by atoms with Crippen LogP contribution in [0.2, 0.25) is 0 Å². The highest BCUT2D eigenvalue weighted by atomic mass is 32.1. The van der Waals surface area contributed by atoms with Gasteiger partial charge in [0, 0.05) is 24.0 Å². The van der Waals surface area contributed by atoms with Gasteiger partial charge in [0.25, 0.3) is 0 Å². The van der Waals surface area contributed by atoms with Crippen molar-refractivity contribution < 1.29 is 14.7 Å². The van der Waals surface area contributed by atoms with Crippen LogP contribution in [0.3, 0.4) is 0 Å². The predicted molar refractivity (Wildman–Crippen MR) is 71.8 cm³/mol. The summed E-state index contributed by atoms with van der Waals surface area (Å²) in [6.07, 6.45) is 3.56. The van der Waals surface area contributed by atoms with E-state index in [9.17, 15) is 9.59 Å². The zero-order chi connectivity index (χ0) is 14.0. The van der Waals surface area contributed by atoms with E-state index < -0.39 is 5.97 Å². The summed E-state index contributed by atoms with van der Waals surface area (Å²) in [5.41, 5.74) is 0. The van der Waals surface area contributed by atoms with Crippen LogP contribution in [0.4, 0.5) is 0 Å². The molecule has 0 bridgehead atoms. The Hall–Kier alpha value is -1.43. The van der Waals surface area contributed by atoms with Gasteiger partial charge in [0.05, 0.1) is 17.5 Å². The van der Waals surface area contributed by atoms with Gasteiger partial charge in [0.15, 0.2) is 0 Å². The van der Waals surface area contributed by atoms with Crippen molar-refractivity contribution in [2.75, 3.05) is 7.05 Å². The number of aliphatic carboxylic acids is 1. The van der Waals surface area contributed by atoms with E-state index in [1.807, 2.05) is 6.92 Å². The van der Waals surface area contributed by atoms with Crippen molar-refractivity contribution in [3.8, 4) is 0 Å². The zero-order valence-corrected chi connectivity index (χ0v) is 11.9. The molecule has 1 aliphatic rings. The average Bonchev–Trinajstić information content (AvgIpc) is 2.97. The van der Waals surface area contributed by atoms with Crippen LogP contribution in [0.1, 0.15) is 29.1 Å². The molecule has 1 aromatic heterocycles. The number of carboxylic acids is 1. The van der Waals surface area contributed by atoms with Gasteiger partial charge in [-0.1, -0.05) is 0 Å². The minimum Gasteiger partial charge on any atom is -0.481 e. The van der Waals surface area contributed by atoms with Gasteiger partial charge in [-0.3, -0.25) is 9.59 Å². The molecule has 2 atom stereocenters. The van der Waals surface area contributed by atoms with Crippen LogP contribution in [0.25, 0.3) is 0 Å². The number of rotatable bonds is 4. The first kappa shape index (κ1) is 14.0. The third kappa shape index (κ3) is 3.32. The van der Waals surface area contributed by atoms with Crippen molar-refractivity contribution in [3.63, 3.8) is 0 Å². The van der Waals surface area contributed by atoms with Crippen molar-refractivity contribution >= 4 is 23.2 Å². The van der Waals surface area contributed by atoms with E-state index in [-0.39, 0.29) is 17.7 Å². The Labute approximate surface area is 116 Å². The summed E-state index contributed by atoms with van der Waals surface area (Å²) in [4.78, 5) is 30.0. The van der Waals surface area contributed by atoms with Crippen LogP contribution in [0.15, 0.2) is 6.20 Å². The third-order valence-corrected chi connectivity index (χ3v) is 4.47. The molecule has 1 fully saturated rings. The summed E-state index contributed by atoms with van der Waals surface area (Å²) in [6.45, 7) is 2.49. The lowest BCUT2D eigenvalue weighted by molar-refractivity contribution is -0.141. The number of hydrogen-bond donors (Lipinski definition) is 1. The second-order valence-corrected chi connectivity index (χ2v) is 6.40. The number of aromatic nitrogens is 1. The molecule has 0 aliphatic heterocycles. The molecule has 1 heterocycles. The summed E-state index contributed by atoms with van der Waals surface area (Å²) in [7, 11) is 1.77. The lowest BCUT2D eigenvalue weighted by Gasteiger charge is -2.20. The third-order valence-electron chi connectivity index (χ3n) is 3.57. The topological polar surface area (TPSA) is 70.5 Å². The molecule has 0 unspecified atom stereocenters. The number of hydrogen-bond acceptors (Lipinski definition) is 4. The van der Waals surface area contributed by atoms with Gasteiger partial charge >= 0.3 is 5.97 Å². The van der Waals surface area contributed by atoms with Crippen molar-refractivity contribution in [1.29, 1.82) is 0 Å². The molecule has 6 heteroatoms. The van der Waals surface area contributed by atoms with E-state index in [1.165, 1.54) is 0 Å². The average molecular weight is 282 g/mol. The molecule has 1 saturated carbocycles. The summed E-state index contributed by atoms with van der Waals surface area (Å²) in [5, 5.41) is 9.95. The summed E-state index contributed by atoms with van der Waals surface area (Å²) in [5.74, 6) is -1.22.